The molecule has 4 heteroatoms. The Kier molecular flexibility index (Phi) is 5.29. The van der Waals surface area contributed by atoms with E-state index in [4.69, 9.17) is 16.3 Å². The summed E-state index contributed by atoms with van der Waals surface area (Å²) in [7, 11) is 0. The second-order valence-electron chi connectivity index (χ2n) is 3.85. The topological polar surface area (TPSA) is 38.3 Å². The van der Waals surface area contributed by atoms with Crippen molar-refractivity contribution in [3.05, 3.63) is 29.8 Å². The molecule has 0 bridgehead atoms. The molecule has 2 atom stereocenters. The first-order chi connectivity index (χ1) is 8.04. The lowest BCUT2D eigenvalue weighted by Crippen LogP contribution is -2.31. The van der Waals surface area contributed by atoms with E-state index in [0.717, 1.165) is 11.3 Å². The number of nitrogens with one attached hydrogen (secondary N) is 1. The summed E-state index contributed by atoms with van der Waals surface area (Å²) in [5.74, 6) is 0.644. The van der Waals surface area contributed by atoms with Crippen molar-refractivity contribution in [1.82, 2.24) is 5.32 Å². The van der Waals surface area contributed by atoms with Gasteiger partial charge in [0.05, 0.1) is 12.6 Å². The second kappa shape index (κ2) is 6.50. The summed E-state index contributed by atoms with van der Waals surface area (Å²) < 4.78 is 5.41. The van der Waals surface area contributed by atoms with Crippen LogP contribution in [0.3, 0.4) is 0 Å². The number of carbonyl (C=O) groups is 1. The largest absolute Gasteiger partial charge is 0.494 e. The number of amides is 1. The molecule has 0 spiro atoms. The van der Waals surface area contributed by atoms with Gasteiger partial charge in [-0.3, -0.25) is 4.79 Å². The maximum Gasteiger partial charge on any atom is 0.238 e. The Morgan fingerprint density at radius 3 is 2.76 bits per heavy atom. The van der Waals surface area contributed by atoms with Crippen molar-refractivity contribution in [2.24, 2.45) is 0 Å². The lowest BCUT2D eigenvalue weighted by molar-refractivity contribution is -0.121. The SMILES string of the molecule is CCOc1cccc([C@H](C)NC(=O)[C@H](C)Cl)c1. The average Bonchev–Trinajstić information content (AvgIpc) is 2.29. The number of rotatable bonds is 5. The Balaban J connectivity index is 2.71. The van der Waals surface area contributed by atoms with Crippen molar-refractivity contribution < 1.29 is 9.53 Å². The first-order valence-corrected chi connectivity index (χ1v) is 6.15. The van der Waals surface area contributed by atoms with Gasteiger partial charge in [0, 0.05) is 0 Å². The number of ether oxygens (including phenoxy) is 1. The zero-order chi connectivity index (χ0) is 12.8. The van der Waals surface area contributed by atoms with Crippen LogP contribution in [0.2, 0.25) is 0 Å². The molecule has 0 radical (unpaired) electrons. The molecule has 0 fully saturated rings. The van der Waals surface area contributed by atoms with Crippen molar-refractivity contribution >= 4 is 17.5 Å². The van der Waals surface area contributed by atoms with Gasteiger partial charge in [-0.25, -0.2) is 0 Å². The number of hydrogen-bond acceptors (Lipinski definition) is 2. The van der Waals surface area contributed by atoms with Crippen molar-refractivity contribution in [2.45, 2.75) is 32.2 Å². The van der Waals surface area contributed by atoms with Gasteiger partial charge in [0.2, 0.25) is 5.91 Å². The Labute approximate surface area is 107 Å². The standard InChI is InChI=1S/C13H18ClNO2/c1-4-17-12-7-5-6-11(8-12)10(3)15-13(16)9(2)14/h5-10H,4H2,1-3H3,(H,15,16)/t9-,10-/m0/s1. The molecule has 0 heterocycles. The highest BCUT2D eigenvalue weighted by Crippen LogP contribution is 2.19. The number of hydrogen-bond donors (Lipinski definition) is 1. The van der Waals surface area contributed by atoms with Gasteiger partial charge in [-0.1, -0.05) is 12.1 Å². The van der Waals surface area contributed by atoms with Crippen LogP contribution in [0.1, 0.15) is 32.4 Å². The molecule has 17 heavy (non-hydrogen) atoms. The van der Waals surface area contributed by atoms with E-state index < -0.39 is 5.38 Å². The minimum absolute atomic E-state index is 0.0795. The highest BCUT2D eigenvalue weighted by molar-refractivity contribution is 6.30. The van der Waals surface area contributed by atoms with Crippen LogP contribution < -0.4 is 10.1 Å². The maximum atomic E-state index is 11.5. The zero-order valence-corrected chi connectivity index (χ0v) is 11.1. The third kappa shape index (κ3) is 4.27. The van der Waals surface area contributed by atoms with E-state index in [1.165, 1.54) is 0 Å². The second-order valence-corrected chi connectivity index (χ2v) is 4.51. The summed E-state index contributed by atoms with van der Waals surface area (Å²) in [5.41, 5.74) is 1.00. The normalized spacial score (nSPS) is 13.9. The lowest BCUT2D eigenvalue weighted by atomic mass is 10.1. The van der Waals surface area contributed by atoms with Gasteiger partial charge >= 0.3 is 0 Å². The van der Waals surface area contributed by atoms with Gasteiger partial charge in [0.15, 0.2) is 0 Å². The number of halogens is 1. The maximum absolute atomic E-state index is 11.5. The molecule has 0 aliphatic carbocycles. The molecule has 0 aliphatic rings. The summed E-state index contributed by atoms with van der Waals surface area (Å²) in [4.78, 5) is 11.5. The molecule has 1 N–H and O–H groups in total. The van der Waals surface area contributed by atoms with Gasteiger partial charge < -0.3 is 10.1 Å². The zero-order valence-electron chi connectivity index (χ0n) is 10.4. The minimum Gasteiger partial charge on any atom is -0.494 e. The van der Waals surface area contributed by atoms with Gasteiger partial charge in [-0.05, 0) is 38.5 Å². The molecular formula is C13H18ClNO2. The van der Waals surface area contributed by atoms with Gasteiger partial charge in [-0.2, -0.15) is 0 Å². The van der Waals surface area contributed by atoms with Crippen LogP contribution in [0.15, 0.2) is 24.3 Å². The quantitative estimate of drug-likeness (QED) is 0.822. The molecule has 94 valence electrons. The van der Waals surface area contributed by atoms with Crippen molar-refractivity contribution in [2.75, 3.05) is 6.61 Å². The van der Waals surface area contributed by atoms with Gasteiger partial charge in [0.1, 0.15) is 11.1 Å². The first kappa shape index (κ1) is 13.8. The van der Waals surface area contributed by atoms with E-state index in [9.17, 15) is 4.79 Å². The molecule has 1 aromatic rings. The van der Waals surface area contributed by atoms with E-state index in [1.54, 1.807) is 6.92 Å². The molecule has 1 rings (SSSR count). The van der Waals surface area contributed by atoms with E-state index in [0.29, 0.717) is 6.61 Å². The summed E-state index contributed by atoms with van der Waals surface area (Å²) >= 11 is 5.70. The van der Waals surface area contributed by atoms with Crippen LogP contribution in [-0.2, 0) is 4.79 Å². The van der Waals surface area contributed by atoms with Crippen LogP contribution in [0.4, 0.5) is 0 Å². The third-order valence-electron chi connectivity index (χ3n) is 2.39. The van der Waals surface area contributed by atoms with Crippen LogP contribution in [-0.4, -0.2) is 17.9 Å². The fourth-order valence-electron chi connectivity index (χ4n) is 1.45. The summed E-state index contributed by atoms with van der Waals surface area (Å²) in [5, 5.41) is 2.32. The first-order valence-electron chi connectivity index (χ1n) is 5.71. The van der Waals surface area contributed by atoms with Gasteiger partial charge in [0.25, 0.3) is 0 Å². The fourth-order valence-corrected chi connectivity index (χ4v) is 1.51. The van der Waals surface area contributed by atoms with E-state index in [2.05, 4.69) is 5.32 Å². The number of alkyl halides is 1. The Hall–Kier alpha value is -1.22. The van der Waals surface area contributed by atoms with Crippen molar-refractivity contribution in [3.8, 4) is 5.75 Å². The Morgan fingerprint density at radius 2 is 2.18 bits per heavy atom. The predicted molar refractivity (Wildman–Crippen MR) is 69.5 cm³/mol. The molecule has 1 aromatic carbocycles. The Bertz CT molecular complexity index is 379. The molecule has 3 nitrogen and oxygen atoms in total. The minimum atomic E-state index is -0.521. The third-order valence-corrected chi connectivity index (χ3v) is 2.59. The highest BCUT2D eigenvalue weighted by Gasteiger charge is 2.13. The molecule has 0 aliphatic heterocycles. The molecule has 0 saturated carbocycles. The highest BCUT2D eigenvalue weighted by atomic mass is 35.5. The van der Waals surface area contributed by atoms with E-state index >= 15 is 0 Å². The Morgan fingerprint density at radius 1 is 1.47 bits per heavy atom. The molecular weight excluding hydrogens is 238 g/mol. The monoisotopic (exact) mass is 255 g/mol. The average molecular weight is 256 g/mol. The summed E-state index contributed by atoms with van der Waals surface area (Å²) in [6, 6.07) is 7.60. The summed E-state index contributed by atoms with van der Waals surface area (Å²) in [6.07, 6.45) is 0. The summed E-state index contributed by atoms with van der Waals surface area (Å²) in [6.45, 7) is 6.14. The number of benzene rings is 1. The predicted octanol–water partition coefficient (Wildman–Crippen LogP) is 2.89. The van der Waals surface area contributed by atoms with Crippen LogP contribution in [0, 0.1) is 0 Å². The fraction of sp³-hybridized carbons (Fsp3) is 0.462. The van der Waals surface area contributed by atoms with Crippen molar-refractivity contribution in [3.63, 3.8) is 0 Å². The van der Waals surface area contributed by atoms with Gasteiger partial charge in [-0.15, -0.1) is 11.6 Å². The molecule has 0 aromatic heterocycles. The molecule has 0 unspecified atom stereocenters. The molecule has 0 saturated heterocycles. The van der Waals surface area contributed by atoms with Crippen LogP contribution in [0.25, 0.3) is 0 Å². The van der Waals surface area contributed by atoms with Crippen LogP contribution in [0.5, 0.6) is 5.75 Å². The van der Waals surface area contributed by atoms with Crippen molar-refractivity contribution in [1.29, 1.82) is 0 Å². The lowest BCUT2D eigenvalue weighted by Gasteiger charge is -2.16. The smallest absolute Gasteiger partial charge is 0.238 e. The van der Waals surface area contributed by atoms with E-state index in [1.807, 2.05) is 38.1 Å². The van der Waals surface area contributed by atoms with Crippen LogP contribution >= 0.6 is 11.6 Å². The van der Waals surface area contributed by atoms with E-state index in [-0.39, 0.29) is 11.9 Å². The molecule has 1 amide bonds. The number of carbonyl (C=O) groups excluding carboxylic acids is 1.